The molecule has 0 saturated carbocycles. The van der Waals surface area contributed by atoms with Crippen LogP contribution in [0.3, 0.4) is 0 Å². The van der Waals surface area contributed by atoms with Crippen LogP contribution in [-0.2, 0) is 9.59 Å². The van der Waals surface area contributed by atoms with E-state index in [-0.39, 0.29) is 18.4 Å². The first-order valence-electron chi connectivity index (χ1n) is 9.44. The molecule has 0 aliphatic heterocycles. The van der Waals surface area contributed by atoms with Gasteiger partial charge in [0.2, 0.25) is 11.8 Å². The van der Waals surface area contributed by atoms with E-state index in [0.29, 0.717) is 11.3 Å². The van der Waals surface area contributed by atoms with E-state index in [2.05, 4.69) is 16.2 Å². The highest BCUT2D eigenvalue weighted by molar-refractivity contribution is 5.95. The number of hydrazine groups is 1. The van der Waals surface area contributed by atoms with Gasteiger partial charge < -0.3 is 10.1 Å². The van der Waals surface area contributed by atoms with Crippen molar-refractivity contribution in [2.75, 3.05) is 0 Å². The third-order valence-electron chi connectivity index (χ3n) is 4.05. The lowest BCUT2D eigenvalue weighted by molar-refractivity contribution is -0.123. The highest BCUT2D eigenvalue weighted by Crippen LogP contribution is 2.17. The van der Waals surface area contributed by atoms with Gasteiger partial charge in [-0.15, -0.1) is 0 Å². The molecule has 0 unspecified atom stereocenters. The summed E-state index contributed by atoms with van der Waals surface area (Å²) in [4.78, 5) is 36.0. The van der Waals surface area contributed by atoms with Crippen LogP contribution in [0.2, 0.25) is 0 Å². The molecule has 0 radical (unpaired) electrons. The molecule has 2 aromatic rings. The van der Waals surface area contributed by atoms with Crippen LogP contribution in [0.1, 0.15) is 54.7 Å². The second-order valence-electron chi connectivity index (χ2n) is 7.06. The largest absolute Gasteiger partial charge is 0.491 e. The number of carbonyl (C=O) groups is 3. The van der Waals surface area contributed by atoms with Gasteiger partial charge in [-0.2, -0.15) is 0 Å². The number of amides is 3. The lowest BCUT2D eigenvalue weighted by atomic mass is 10.0. The Morgan fingerprint density at radius 3 is 2.10 bits per heavy atom. The summed E-state index contributed by atoms with van der Waals surface area (Å²) in [6, 6.07) is 13.7. The van der Waals surface area contributed by atoms with Gasteiger partial charge in [0, 0.05) is 12.5 Å². The molecule has 0 heterocycles. The lowest BCUT2D eigenvalue weighted by Crippen LogP contribution is -2.43. The van der Waals surface area contributed by atoms with Crippen LogP contribution in [0.5, 0.6) is 5.75 Å². The number of hydrogen-bond acceptors (Lipinski definition) is 4. The molecular weight excluding hydrogens is 370 g/mol. The van der Waals surface area contributed by atoms with E-state index < -0.39 is 17.9 Å². The topological polar surface area (TPSA) is 96.5 Å². The normalized spacial score (nSPS) is 11.5. The zero-order valence-corrected chi connectivity index (χ0v) is 17.1. The third-order valence-corrected chi connectivity index (χ3v) is 4.05. The fraction of sp³-hybridized carbons (Fsp3) is 0.318. The minimum atomic E-state index is -0.488. The van der Waals surface area contributed by atoms with E-state index in [1.807, 2.05) is 45.0 Å². The van der Waals surface area contributed by atoms with Crippen molar-refractivity contribution >= 4 is 17.7 Å². The Bertz CT molecular complexity index is 845. The fourth-order valence-electron chi connectivity index (χ4n) is 2.69. The van der Waals surface area contributed by atoms with Gasteiger partial charge in [0.05, 0.1) is 18.6 Å². The molecule has 0 spiro atoms. The van der Waals surface area contributed by atoms with Crippen LogP contribution < -0.4 is 20.9 Å². The number of benzene rings is 2. The molecule has 7 nitrogen and oxygen atoms in total. The monoisotopic (exact) mass is 397 g/mol. The number of ether oxygens (including phenoxy) is 1. The predicted octanol–water partition coefficient (Wildman–Crippen LogP) is 2.81. The summed E-state index contributed by atoms with van der Waals surface area (Å²) in [6.07, 6.45) is 0.0310. The molecule has 0 fully saturated rings. The lowest BCUT2D eigenvalue weighted by Gasteiger charge is -2.18. The van der Waals surface area contributed by atoms with E-state index in [1.165, 1.54) is 6.92 Å². The molecule has 2 aromatic carbocycles. The number of carbonyl (C=O) groups excluding carboxylic acids is 3. The average molecular weight is 397 g/mol. The molecule has 0 saturated heterocycles. The molecule has 7 heteroatoms. The first kappa shape index (κ1) is 21.9. The van der Waals surface area contributed by atoms with Crippen molar-refractivity contribution in [1.29, 1.82) is 0 Å². The van der Waals surface area contributed by atoms with Crippen molar-refractivity contribution in [3.63, 3.8) is 0 Å². The highest BCUT2D eigenvalue weighted by atomic mass is 16.5. The van der Waals surface area contributed by atoms with Gasteiger partial charge in [-0.05, 0) is 50.6 Å². The van der Waals surface area contributed by atoms with Crippen LogP contribution in [-0.4, -0.2) is 23.8 Å². The van der Waals surface area contributed by atoms with Crippen LogP contribution >= 0.6 is 0 Å². The van der Waals surface area contributed by atoms with Crippen molar-refractivity contribution in [3.05, 3.63) is 65.2 Å². The Labute approximate surface area is 170 Å². The van der Waals surface area contributed by atoms with Gasteiger partial charge in [0.25, 0.3) is 5.91 Å². The second kappa shape index (κ2) is 10.3. The Morgan fingerprint density at radius 2 is 1.55 bits per heavy atom. The standard InChI is InChI=1S/C22H27N3O4/c1-14(2)29-19-11-9-18(10-12-19)22(28)25-24-21(27)13-20(23-16(4)26)17-7-5-15(3)6-8-17/h5-12,14,20H,13H2,1-4H3,(H,23,26)(H,24,27)(H,25,28)/t20-/m0/s1. The van der Waals surface area contributed by atoms with Crippen molar-refractivity contribution < 1.29 is 19.1 Å². The van der Waals surface area contributed by atoms with Crippen LogP contribution in [0.25, 0.3) is 0 Å². The molecule has 2 rings (SSSR count). The molecule has 29 heavy (non-hydrogen) atoms. The maximum absolute atomic E-state index is 12.3. The second-order valence-corrected chi connectivity index (χ2v) is 7.06. The van der Waals surface area contributed by atoms with Crippen LogP contribution in [0, 0.1) is 6.92 Å². The summed E-state index contributed by atoms with van der Waals surface area (Å²) in [7, 11) is 0. The molecule has 154 valence electrons. The van der Waals surface area contributed by atoms with Gasteiger partial charge >= 0.3 is 0 Å². The van der Waals surface area contributed by atoms with E-state index in [0.717, 1.165) is 11.1 Å². The van der Waals surface area contributed by atoms with Crippen molar-refractivity contribution in [2.24, 2.45) is 0 Å². The third kappa shape index (κ3) is 7.29. The zero-order chi connectivity index (χ0) is 21.4. The molecule has 0 aliphatic carbocycles. The van der Waals surface area contributed by atoms with Crippen LogP contribution in [0.4, 0.5) is 0 Å². The average Bonchev–Trinajstić information content (AvgIpc) is 2.66. The minimum absolute atomic E-state index is 0.00983. The Balaban J connectivity index is 1.93. The van der Waals surface area contributed by atoms with E-state index >= 15 is 0 Å². The quantitative estimate of drug-likeness (QED) is 0.626. The summed E-state index contributed by atoms with van der Waals surface area (Å²) < 4.78 is 5.54. The van der Waals surface area contributed by atoms with Gasteiger partial charge in [-0.25, -0.2) is 0 Å². The Morgan fingerprint density at radius 1 is 0.931 bits per heavy atom. The molecule has 0 aromatic heterocycles. The molecule has 3 amide bonds. The molecular formula is C22H27N3O4. The fourth-order valence-corrected chi connectivity index (χ4v) is 2.69. The predicted molar refractivity (Wildman–Crippen MR) is 110 cm³/mol. The Kier molecular flexibility index (Phi) is 7.77. The van der Waals surface area contributed by atoms with Crippen LogP contribution in [0.15, 0.2) is 48.5 Å². The SMILES string of the molecule is CC(=O)N[C@@H](CC(=O)NNC(=O)c1ccc(OC(C)C)cc1)c1ccc(C)cc1. The number of aryl methyl sites for hydroxylation is 1. The first-order chi connectivity index (χ1) is 13.7. The first-order valence-corrected chi connectivity index (χ1v) is 9.44. The van der Waals surface area contributed by atoms with Gasteiger partial charge in [-0.1, -0.05) is 29.8 Å². The molecule has 3 N–H and O–H groups in total. The van der Waals surface area contributed by atoms with Crippen molar-refractivity contribution in [2.45, 2.75) is 46.3 Å². The summed E-state index contributed by atoms with van der Waals surface area (Å²) in [6.45, 7) is 7.19. The van der Waals surface area contributed by atoms with E-state index in [4.69, 9.17) is 4.74 Å². The summed E-state index contributed by atoms with van der Waals surface area (Å²) >= 11 is 0. The number of rotatable bonds is 7. The summed E-state index contributed by atoms with van der Waals surface area (Å²) in [5.74, 6) is -0.439. The molecule has 1 atom stereocenters. The van der Waals surface area contributed by atoms with Gasteiger partial charge in [-0.3, -0.25) is 25.2 Å². The minimum Gasteiger partial charge on any atom is -0.491 e. The zero-order valence-electron chi connectivity index (χ0n) is 17.1. The number of hydrogen-bond donors (Lipinski definition) is 3. The maximum Gasteiger partial charge on any atom is 0.269 e. The Hall–Kier alpha value is -3.35. The van der Waals surface area contributed by atoms with E-state index in [9.17, 15) is 14.4 Å². The van der Waals surface area contributed by atoms with E-state index in [1.54, 1.807) is 24.3 Å². The van der Waals surface area contributed by atoms with Gasteiger partial charge in [0.15, 0.2) is 0 Å². The molecule has 0 bridgehead atoms. The molecule has 0 aliphatic rings. The summed E-state index contributed by atoms with van der Waals surface area (Å²) in [5, 5.41) is 2.76. The smallest absolute Gasteiger partial charge is 0.269 e. The highest BCUT2D eigenvalue weighted by Gasteiger charge is 2.17. The van der Waals surface area contributed by atoms with Gasteiger partial charge in [0.1, 0.15) is 5.75 Å². The van der Waals surface area contributed by atoms with Crippen molar-refractivity contribution in [1.82, 2.24) is 16.2 Å². The maximum atomic E-state index is 12.3. The van der Waals surface area contributed by atoms with Crippen molar-refractivity contribution in [3.8, 4) is 5.75 Å². The summed E-state index contributed by atoms with van der Waals surface area (Å²) in [5.41, 5.74) is 7.06. The number of nitrogens with one attached hydrogen (secondary N) is 3.